The molecule has 2 atom stereocenters. The molecule has 0 saturated carbocycles. The zero-order valence-electron chi connectivity index (χ0n) is 9.68. The normalized spacial score (nSPS) is 33.0. The maximum absolute atomic E-state index is 12.0. The third-order valence-corrected chi connectivity index (χ3v) is 4.06. The molecule has 6 heteroatoms. The molecule has 0 aromatic heterocycles. The molecule has 3 fully saturated rings. The minimum Gasteiger partial charge on any atom is -0.341 e. The van der Waals surface area contributed by atoms with E-state index in [1.807, 2.05) is 0 Å². The molecule has 0 unspecified atom stereocenters. The molecule has 3 aliphatic heterocycles. The number of hydrogen-bond acceptors (Lipinski definition) is 4. The molecule has 0 aromatic carbocycles. The highest BCUT2D eigenvalue weighted by Crippen LogP contribution is 2.33. The number of carbonyl (C=O) groups is 3. The number of nitrogens with zero attached hydrogens (tertiary/aromatic N) is 2. The van der Waals surface area contributed by atoms with E-state index in [0.717, 1.165) is 0 Å². The molecule has 0 bridgehead atoms. The van der Waals surface area contributed by atoms with Crippen molar-refractivity contribution in [3.63, 3.8) is 0 Å². The van der Waals surface area contributed by atoms with Crippen LogP contribution in [-0.4, -0.2) is 60.7 Å². The number of imide groups is 1. The Bertz CT molecular complexity index is 381. The first-order valence-electron chi connectivity index (χ1n) is 5.90. The number of carbonyl (C=O) groups excluding carboxylic acids is 3. The fourth-order valence-corrected chi connectivity index (χ4v) is 2.81. The Morgan fingerprint density at radius 3 is 2.12 bits per heavy atom. The van der Waals surface area contributed by atoms with Crippen molar-refractivity contribution in [1.82, 2.24) is 15.1 Å². The Labute approximate surface area is 98.9 Å². The van der Waals surface area contributed by atoms with E-state index in [9.17, 15) is 14.4 Å². The molecular weight excluding hydrogens is 222 g/mol. The summed E-state index contributed by atoms with van der Waals surface area (Å²) < 4.78 is 0. The van der Waals surface area contributed by atoms with Crippen LogP contribution in [0.2, 0.25) is 0 Å². The van der Waals surface area contributed by atoms with Crippen LogP contribution in [0.3, 0.4) is 0 Å². The SMILES string of the molecule is CN1C(=O)[C@@H]2CN(C(=O)C3CNC3)C[C@H]2C1=O. The number of hydrogen-bond donors (Lipinski definition) is 1. The Morgan fingerprint density at radius 2 is 1.71 bits per heavy atom. The molecule has 17 heavy (non-hydrogen) atoms. The van der Waals surface area contributed by atoms with E-state index in [1.165, 1.54) is 11.9 Å². The van der Waals surface area contributed by atoms with Gasteiger partial charge in [0.2, 0.25) is 17.7 Å². The molecular formula is C11H15N3O3. The van der Waals surface area contributed by atoms with Crippen LogP contribution >= 0.6 is 0 Å². The average molecular weight is 237 g/mol. The van der Waals surface area contributed by atoms with Gasteiger partial charge in [0.1, 0.15) is 0 Å². The minimum absolute atomic E-state index is 0.0387. The summed E-state index contributed by atoms with van der Waals surface area (Å²) in [4.78, 5) is 38.4. The predicted octanol–water partition coefficient (Wildman–Crippen LogP) is -1.72. The second-order valence-corrected chi connectivity index (χ2v) is 5.05. The summed E-state index contributed by atoms with van der Waals surface area (Å²) >= 11 is 0. The van der Waals surface area contributed by atoms with Crippen LogP contribution in [0.25, 0.3) is 0 Å². The van der Waals surface area contributed by atoms with Gasteiger partial charge in [-0.3, -0.25) is 19.3 Å². The van der Waals surface area contributed by atoms with Crippen molar-refractivity contribution >= 4 is 17.7 Å². The van der Waals surface area contributed by atoms with Gasteiger partial charge in [0.25, 0.3) is 0 Å². The maximum atomic E-state index is 12.0. The molecule has 3 heterocycles. The molecule has 3 aliphatic rings. The predicted molar refractivity (Wildman–Crippen MR) is 57.7 cm³/mol. The van der Waals surface area contributed by atoms with Crippen molar-refractivity contribution < 1.29 is 14.4 Å². The van der Waals surface area contributed by atoms with Gasteiger partial charge in [0.15, 0.2) is 0 Å². The van der Waals surface area contributed by atoms with Gasteiger partial charge < -0.3 is 10.2 Å². The molecule has 0 aliphatic carbocycles. The molecule has 92 valence electrons. The van der Waals surface area contributed by atoms with Gasteiger partial charge in [-0.1, -0.05) is 0 Å². The number of fused-ring (bicyclic) bond motifs is 1. The lowest BCUT2D eigenvalue weighted by Gasteiger charge is -2.30. The van der Waals surface area contributed by atoms with Crippen molar-refractivity contribution in [2.45, 2.75) is 0 Å². The Hall–Kier alpha value is -1.43. The van der Waals surface area contributed by atoms with Crippen molar-refractivity contribution in [1.29, 1.82) is 0 Å². The summed E-state index contributed by atoms with van der Waals surface area (Å²) in [5.74, 6) is -0.754. The first-order chi connectivity index (χ1) is 8.09. The van der Waals surface area contributed by atoms with Gasteiger partial charge >= 0.3 is 0 Å². The van der Waals surface area contributed by atoms with Gasteiger partial charge in [-0.2, -0.15) is 0 Å². The van der Waals surface area contributed by atoms with Crippen molar-refractivity contribution in [2.75, 3.05) is 33.2 Å². The van der Waals surface area contributed by atoms with Gasteiger partial charge in [0.05, 0.1) is 17.8 Å². The third-order valence-electron chi connectivity index (χ3n) is 4.06. The van der Waals surface area contributed by atoms with Crippen LogP contribution in [0.5, 0.6) is 0 Å². The Balaban J connectivity index is 1.72. The van der Waals surface area contributed by atoms with E-state index in [4.69, 9.17) is 0 Å². The van der Waals surface area contributed by atoms with E-state index in [-0.39, 0.29) is 35.5 Å². The lowest BCUT2D eigenvalue weighted by atomic mass is 10.00. The topological polar surface area (TPSA) is 69.7 Å². The highest BCUT2D eigenvalue weighted by Gasteiger charge is 2.52. The van der Waals surface area contributed by atoms with Crippen molar-refractivity contribution in [3.05, 3.63) is 0 Å². The van der Waals surface area contributed by atoms with E-state index in [1.54, 1.807) is 4.90 Å². The van der Waals surface area contributed by atoms with Crippen LogP contribution in [0.4, 0.5) is 0 Å². The monoisotopic (exact) mass is 237 g/mol. The Morgan fingerprint density at radius 1 is 1.18 bits per heavy atom. The fraction of sp³-hybridized carbons (Fsp3) is 0.727. The maximum Gasteiger partial charge on any atom is 0.234 e. The molecule has 0 spiro atoms. The largest absolute Gasteiger partial charge is 0.341 e. The molecule has 6 nitrogen and oxygen atoms in total. The van der Waals surface area contributed by atoms with Gasteiger partial charge in [0, 0.05) is 33.2 Å². The smallest absolute Gasteiger partial charge is 0.234 e. The van der Waals surface area contributed by atoms with Gasteiger partial charge in [-0.25, -0.2) is 0 Å². The zero-order valence-corrected chi connectivity index (χ0v) is 9.68. The standard InChI is InChI=1S/C11H15N3O3/c1-13-10(16)7-4-14(5-8(7)11(13)17)9(15)6-2-12-3-6/h6-8,12H,2-5H2,1H3/t7-,8-/m1/s1. The summed E-state index contributed by atoms with van der Waals surface area (Å²) in [5, 5.41) is 3.05. The van der Waals surface area contributed by atoms with Crippen molar-refractivity contribution in [2.24, 2.45) is 17.8 Å². The third kappa shape index (κ3) is 1.40. The summed E-state index contributed by atoms with van der Waals surface area (Å²) in [5.41, 5.74) is 0. The fourth-order valence-electron chi connectivity index (χ4n) is 2.81. The molecule has 1 N–H and O–H groups in total. The lowest BCUT2D eigenvalue weighted by molar-refractivity contribution is -0.140. The van der Waals surface area contributed by atoms with Crippen LogP contribution in [0.15, 0.2) is 0 Å². The first-order valence-corrected chi connectivity index (χ1v) is 5.90. The van der Waals surface area contributed by atoms with Gasteiger partial charge in [-0.05, 0) is 0 Å². The Kier molecular flexibility index (Phi) is 2.22. The van der Waals surface area contributed by atoms with Crippen LogP contribution in [0.1, 0.15) is 0 Å². The van der Waals surface area contributed by atoms with E-state index < -0.39 is 0 Å². The molecule has 3 saturated heterocycles. The first kappa shape index (κ1) is 10.7. The lowest BCUT2D eigenvalue weighted by Crippen LogP contribution is -2.52. The van der Waals surface area contributed by atoms with Gasteiger partial charge in [-0.15, -0.1) is 0 Å². The highest BCUT2D eigenvalue weighted by atomic mass is 16.2. The van der Waals surface area contributed by atoms with E-state index >= 15 is 0 Å². The summed E-state index contributed by atoms with van der Waals surface area (Å²) in [6.07, 6.45) is 0. The molecule has 0 aromatic rings. The highest BCUT2D eigenvalue weighted by molar-refractivity contribution is 6.06. The summed E-state index contributed by atoms with van der Waals surface area (Å²) in [6, 6.07) is 0. The molecule has 0 radical (unpaired) electrons. The molecule has 3 rings (SSSR count). The second-order valence-electron chi connectivity index (χ2n) is 5.05. The quantitative estimate of drug-likeness (QED) is 0.551. The number of likely N-dealkylation sites (tertiary alicyclic amines) is 2. The van der Waals surface area contributed by atoms with Crippen LogP contribution in [0, 0.1) is 17.8 Å². The average Bonchev–Trinajstić information content (AvgIpc) is 2.74. The molecule has 3 amide bonds. The van der Waals surface area contributed by atoms with E-state index in [0.29, 0.717) is 26.2 Å². The number of amides is 3. The second kappa shape index (κ2) is 3.53. The zero-order chi connectivity index (χ0) is 12.2. The number of nitrogens with one attached hydrogen (secondary N) is 1. The van der Waals surface area contributed by atoms with Crippen molar-refractivity contribution in [3.8, 4) is 0 Å². The number of rotatable bonds is 1. The summed E-state index contributed by atoms with van der Waals surface area (Å²) in [6.45, 7) is 2.25. The minimum atomic E-state index is -0.301. The summed E-state index contributed by atoms with van der Waals surface area (Å²) in [7, 11) is 1.52. The van der Waals surface area contributed by atoms with Crippen LogP contribution in [-0.2, 0) is 14.4 Å². The van der Waals surface area contributed by atoms with E-state index in [2.05, 4.69) is 5.32 Å². The van der Waals surface area contributed by atoms with Crippen LogP contribution < -0.4 is 5.32 Å².